The third-order valence-electron chi connectivity index (χ3n) is 14.6. The maximum atomic E-state index is 3.65. The predicted molar refractivity (Wildman–Crippen MR) is 239 cm³/mol. The van der Waals surface area contributed by atoms with E-state index < -0.39 is 0 Å². The van der Waals surface area contributed by atoms with E-state index in [1.807, 2.05) is 0 Å². The second-order valence-electron chi connectivity index (χ2n) is 20.2. The normalized spacial score (nSPS) is 23.7. The Balaban J connectivity index is 0.000000138. The molecule has 304 valence electrons. The molecule has 7 aliphatic carbocycles. The van der Waals surface area contributed by atoms with Crippen molar-refractivity contribution < 1.29 is 49.0 Å². The molecule has 0 spiro atoms. The van der Waals surface area contributed by atoms with E-state index in [0.29, 0.717) is 5.41 Å². The van der Waals surface area contributed by atoms with Crippen LogP contribution in [0.3, 0.4) is 0 Å². The van der Waals surface area contributed by atoms with E-state index in [4.69, 9.17) is 0 Å². The number of aryl methyl sites for hydroxylation is 2. The van der Waals surface area contributed by atoms with Gasteiger partial charge in [0.1, 0.15) is 0 Å². The summed E-state index contributed by atoms with van der Waals surface area (Å²) >= 11 is 1.46. The van der Waals surface area contributed by atoms with E-state index in [1.54, 1.807) is 49.7 Å². The van der Waals surface area contributed by atoms with E-state index in [1.165, 1.54) is 106 Å². The van der Waals surface area contributed by atoms with Crippen LogP contribution in [0.25, 0.3) is 22.3 Å². The summed E-state index contributed by atoms with van der Waals surface area (Å²) in [4.78, 5) is 0. The van der Waals surface area contributed by atoms with Crippen LogP contribution in [0.4, 0.5) is 0 Å². The fourth-order valence-corrected chi connectivity index (χ4v) is 13.4. The molecule has 0 unspecified atom stereocenters. The number of halogens is 2. The second-order valence-corrected chi connectivity index (χ2v) is 21.4. The third-order valence-corrected chi connectivity index (χ3v) is 16.1. The number of allylic oxidation sites excluding steroid dienone is 4. The topological polar surface area (TPSA) is 0 Å². The van der Waals surface area contributed by atoms with Gasteiger partial charge in [-0.2, -0.15) is 28.3 Å². The van der Waals surface area contributed by atoms with Gasteiger partial charge in [-0.05, 0) is 120 Å². The Morgan fingerprint density at radius 1 is 0.661 bits per heavy atom. The molecule has 0 aromatic heterocycles. The van der Waals surface area contributed by atoms with Crippen LogP contribution >= 0.6 is 0 Å². The SMILES string of the molecule is CC1=[C-]C(C)(C)c2cc3c(cc21)-c1cc2c(cc1C3)C(C)(C)C=C2C.Cc1cc(CC23CC4CC(CC(C4)C2)C3)c(C)[cH-]1.[Cl-].[Cl-].[Zr+2]=[C](c1ccccc1)c1ccccc1. The molecule has 3 heteroatoms. The molecule has 7 aliphatic rings. The van der Waals surface area contributed by atoms with Crippen molar-refractivity contribution in [2.75, 3.05) is 0 Å². The number of hydrogen-bond acceptors (Lipinski definition) is 0. The minimum atomic E-state index is 0. The van der Waals surface area contributed by atoms with Gasteiger partial charge in [0, 0.05) is 5.41 Å². The van der Waals surface area contributed by atoms with E-state index in [0.717, 1.165) is 24.2 Å². The molecule has 0 aliphatic heterocycles. The molecule has 5 aromatic carbocycles. The van der Waals surface area contributed by atoms with Crippen molar-refractivity contribution in [2.24, 2.45) is 23.2 Å². The van der Waals surface area contributed by atoms with Crippen molar-refractivity contribution >= 4 is 14.4 Å². The van der Waals surface area contributed by atoms with Crippen molar-refractivity contribution in [3.05, 3.63) is 170 Å². The van der Waals surface area contributed by atoms with Crippen LogP contribution in [0.1, 0.15) is 141 Å². The standard InChI is InChI=1S/C25H25.C18H25.C13H10.2ClH.Zr/c1-14-12-24(3,4)22-8-16-7-17-9-23-19(15(2)13-25(23,5)6)11-21(17)20(16)10-18(14)22;1-12-3-13(2)17(4-12)11-18-8-14-5-15(9-18)7-16(6-14)10-18;1-3-7-12(8-4-1)11-13-9-5-2-6-10-13;;;/h8-12H,7H2,1-6H3;3-4,14-16H,5-11H2,1-2H3;1-10H;2*1H;/q2*-1;;;;+2/p-2. The first-order chi connectivity index (χ1) is 27.2. The molecule has 0 atom stereocenters. The van der Waals surface area contributed by atoms with E-state index in [-0.39, 0.29) is 35.6 Å². The molecular weight excluding hydrogens is 835 g/mol. The predicted octanol–water partition coefficient (Wildman–Crippen LogP) is 8.04. The van der Waals surface area contributed by atoms with Gasteiger partial charge in [0.25, 0.3) is 0 Å². The molecule has 0 radical (unpaired) electrons. The summed E-state index contributed by atoms with van der Waals surface area (Å²) in [6, 6.07) is 35.7. The van der Waals surface area contributed by atoms with Gasteiger partial charge in [0.05, 0.1) is 0 Å². The maximum absolute atomic E-state index is 3.65. The first kappa shape index (κ1) is 44.1. The van der Waals surface area contributed by atoms with Crippen LogP contribution in [-0.2, 0) is 47.9 Å². The van der Waals surface area contributed by atoms with E-state index >= 15 is 0 Å². The summed E-state index contributed by atoms with van der Waals surface area (Å²) in [5.41, 5.74) is 22.6. The van der Waals surface area contributed by atoms with Crippen LogP contribution in [0.15, 0.2) is 103 Å². The van der Waals surface area contributed by atoms with Crippen molar-refractivity contribution in [3.63, 3.8) is 0 Å². The summed E-state index contributed by atoms with van der Waals surface area (Å²) in [6.07, 6.45) is 17.9. The zero-order valence-electron chi connectivity index (χ0n) is 36.5. The molecular formula is C56H60Cl2Zr-2. The monoisotopic (exact) mass is 892 g/mol. The molecule has 0 N–H and O–H groups in total. The number of fused-ring (bicyclic) bond motifs is 5. The minimum absolute atomic E-state index is 0. The summed E-state index contributed by atoms with van der Waals surface area (Å²) in [6.45, 7) is 18.2. The summed E-state index contributed by atoms with van der Waals surface area (Å²) < 4.78 is 1.42. The Bertz CT molecular complexity index is 2280. The summed E-state index contributed by atoms with van der Waals surface area (Å²) in [7, 11) is 0. The number of rotatable bonds is 4. The van der Waals surface area contributed by atoms with Crippen LogP contribution in [-0.4, -0.2) is 3.21 Å². The molecule has 4 bridgehead atoms. The third kappa shape index (κ3) is 8.49. The zero-order chi connectivity index (χ0) is 39.9. The molecule has 4 saturated carbocycles. The quantitative estimate of drug-likeness (QED) is 0.157. The van der Waals surface area contributed by atoms with Crippen molar-refractivity contribution in [2.45, 2.75) is 118 Å². The summed E-state index contributed by atoms with van der Waals surface area (Å²) in [5.74, 6) is 3.27. The molecule has 0 saturated heterocycles. The summed E-state index contributed by atoms with van der Waals surface area (Å²) in [5, 5.41) is 0. The Morgan fingerprint density at radius 2 is 1.17 bits per heavy atom. The van der Waals surface area contributed by atoms with Gasteiger partial charge in [0.15, 0.2) is 0 Å². The van der Waals surface area contributed by atoms with Crippen molar-refractivity contribution in [1.82, 2.24) is 0 Å². The average molecular weight is 895 g/mol. The van der Waals surface area contributed by atoms with Crippen molar-refractivity contribution in [3.8, 4) is 11.1 Å². The Morgan fingerprint density at radius 3 is 1.68 bits per heavy atom. The number of hydrogen-bond donors (Lipinski definition) is 0. The molecule has 12 rings (SSSR count). The van der Waals surface area contributed by atoms with Crippen LogP contribution in [0.2, 0.25) is 0 Å². The van der Waals surface area contributed by atoms with Gasteiger partial charge in [0.2, 0.25) is 0 Å². The van der Waals surface area contributed by atoms with E-state index in [2.05, 4.69) is 165 Å². The molecule has 59 heavy (non-hydrogen) atoms. The van der Waals surface area contributed by atoms with Crippen LogP contribution in [0, 0.1) is 43.1 Å². The van der Waals surface area contributed by atoms with Gasteiger partial charge in [-0.15, -0.1) is 11.6 Å². The molecule has 0 nitrogen and oxygen atoms in total. The fourth-order valence-electron chi connectivity index (χ4n) is 12.6. The van der Waals surface area contributed by atoms with Crippen LogP contribution < -0.4 is 24.8 Å². The molecule has 0 heterocycles. The zero-order valence-corrected chi connectivity index (χ0v) is 40.4. The fraction of sp³-hybridized carbons (Fsp3) is 0.393. The first-order valence-electron chi connectivity index (χ1n) is 21.8. The van der Waals surface area contributed by atoms with E-state index in [9.17, 15) is 0 Å². The Hall–Kier alpha value is -2.96. The molecule has 4 fully saturated rings. The molecule has 5 aromatic rings. The first-order valence-corrected chi connectivity index (χ1v) is 23.0. The van der Waals surface area contributed by atoms with Crippen LogP contribution in [0.5, 0.6) is 0 Å². The van der Waals surface area contributed by atoms with Gasteiger partial charge >= 0.3 is 99.2 Å². The van der Waals surface area contributed by atoms with Gasteiger partial charge in [-0.3, -0.25) is 6.08 Å². The second kappa shape index (κ2) is 16.7. The van der Waals surface area contributed by atoms with Crippen molar-refractivity contribution in [1.29, 1.82) is 0 Å². The molecule has 0 amide bonds. The van der Waals surface area contributed by atoms with Gasteiger partial charge in [-0.1, -0.05) is 78.5 Å². The van der Waals surface area contributed by atoms with Gasteiger partial charge in [-0.25, -0.2) is 11.6 Å². The number of benzene rings is 4. The Labute approximate surface area is 382 Å². The average Bonchev–Trinajstić information content (AvgIpc) is 3.83. The van der Waals surface area contributed by atoms with Gasteiger partial charge < -0.3 is 24.8 Å². The Kier molecular flexibility index (Phi) is 12.5.